The van der Waals surface area contributed by atoms with Gasteiger partial charge in [-0.1, -0.05) is 30.3 Å². The SMILES string of the molecule is O=S(=O)(CCc1ccccc1)N1C[C@@H]2CCCN[C@@H]2C1. The minimum absolute atomic E-state index is 0.219. The summed E-state index contributed by atoms with van der Waals surface area (Å²) < 4.78 is 26.6. The predicted octanol–water partition coefficient (Wildman–Crippen LogP) is 1.24. The van der Waals surface area contributed by atoms with E-state index in [1.807, 2.05) is 30.3 Å². The summed E-state index contributed by atoms with van der Waals surface area (Å²) in [6.45, 7) is 2.38. The fraction of sp³-hybridized carbons (Fsp3) is 0.600. The van der Waals surface area contributed by atoms with Crippen LogP contribution >= 0.6 is 0 Å². The van der Waals surface area contributed by atoms with E-state index in [4.69, 9.17) is 0 Å². The Bertz CT molecular complexity index is 530. The minimum Gasteiger partial charge on any atom is -0.312 e. The monoisotopic (exact) mass is 294 g/mol. The summed E-state index contributed by atoms with van der Waals surface area (Å²) in [6.07, 6.45) is 2.92. The number of hydrogen-bond acceptors (Lipinski definition) is 3. The fourth-order valence-electron chi connectivity index (χ4n) is 3.25. The molecule has 0 aliphatic carbocycles. The maximum absolute atomic E-state index is 12.4. The fourth-order valence-corrected chi connectivity index (χ4v) is 4.81. The van der Waals surface area contributed by atoms with Crippen LogP contribution in [0.25, 0.3) is 0 Å². The Hall–Kier alpha value is -0.910. The molecule has 110 valence electrons. The van der Waals surface area contributed by atoms with Crippen molar-refractivity contribution in [3.8, 4) is 0 Å². The van der Waals surface area contributed by atoms with E-state index in [2.05, 4.69) is 5.32 Å². The van der Waals surface area contributed by atoms with Gasteiger partial charge < -0.3 is 5.32 Å². The van der Waals surface area contributed by atoms with Gasteiger partial charge in [-0.15, -0.1) is 0 Å². The van der Waals surface area contributed by atoms with Crippen LogP contribution in [0.4, 0.5) is 0 Å². The predicted molar refractivity (Wildman–Crippen MR) is 80.0 cm³/mol. The number of piperidine rings is 1. The molecule has 1 aromatic rings. The van der Waals surface area contributed by atoms with Gasteiger partial charge in [0.1, 0.15) is 0 Å². The standard InChI is InChI=1S/C15H22N2O2S/c18-20(19,10-8-13-5-2-1-3-6-13)17-11-14-7-4-9-16-15(14)12-17/h1-3,5-6,14-16H,4,7-12H2/t14-,15+/m0/s1. The van der Waals surface area contributed by atoms with E-state index in [-0.39, 0.29) is 5.75 Å². The Morgan fingerprint density at radius 2 is 2.00 bits per heavy atom. The highest BCUT2D eigenvalue weighted by Crippen LogP contribution is 2.27. The van der Waals surface area contributed by atoms with E-state index < -0.39 is 10.0 Å². The van der Waals surface area contributed by atoms with Crippen molar-refractivity contribution in [2.24, 2.45) is 5.92 Å². The minimum atomic E-state index is -3.12. The summed E-state index contributed by atoms with van der Waals surface area (Å²) in [5.74, 6) is 0.728. The van der Waals surface area contributed by atoms with Crippen molar-refractivity contribution in [3.63, 3.8) is 0 Å². The molecule has 1 aromatic carbocycles. The normalized spacial score (nSPS) is 27.4. The molecule has 20 heavy (non-hydrogen) atoms. The maximum atomic E-state index is 12.4. The van der Waals surface area contributed by atoms with Gasteiger partial charge in [0.05, 0.1) is 5.75 Å². The molecule has 0 saturated carbocycles. The molecule has 2 aliphatic heterocycles. The zero-order chi connectivity index (χ0) is 14.0. The molecule has 5 heteroatoms. The molecule has 2 fully saturated rings. The molecule has 0 aromatic heterocycles. The Morgan fingerprint density at radius 3 is 2.75 bits per heavy atom. The molecule has 0 bridgehead atoms. The summed E-state index contributed by atoms with van der Waals surface area (Å²) in [7, 11) is -3.12. The number of hydrogen-bond donors (Lipinski definition) is 1. The van der Waals surface area contributed by atoms with Gasteiger partial charge in [-0.2, -0.15) is 0 Å². The van der Waals surface area contributed by atoms with Crippen molar-refractivity contribution in [3.05, 3.63) is 35.9 Å². The number of sulfonamides is 1. The Balaban J connectivity index is 1.61. The molecule has 2 aliphatic rings. The molecule has 2 saturated heterocycles. The summed E-state index contributed by atoms with van der Waals surface area (Å²) in [6, 6.07) is 10.2. The first-order valence-electron chi connectivity index (χ1n) is 7.40. The van der Waals surface area contributed by atoms with Gasteiger partial charge in [0.25, 0.3) is 0 Å². The van der Waals surface area contributed by atoms with E-state index in [0.717, 1.165) is 18.5 Å². The number of aryl methyl sites for hydroxylation is 1. The van der Waals surface area contributed by atoms with Crippen molar-refractivity contribution >= 4 is 10.0 Å². The summed E-state index contributed by atoms with van der Waals surface area (Å²) in [5.41, 5.74) is 1.09. The van der Waals surface area contributed by atoms with E-state index >= 15 is 0 Å². The van der Waals surface area contributed by atoms with Crippen LogP contribution in [0, 0.1) is 5.92 Å². The van der Waals surface area contributed by atoms with E-state index in [1.165, 1.54) is 6.42 Å². The first-order chi connectivity index (χ1) is 9.65. The first-order valence-corrected chi connectivity index (χ1v) is 9.01. The summed E-state index contributed by atoms with van der Waals surface area (Å²) in [4.78, 5) is 0. The quantitative estimate of drug-likeness (QED) is 0.909. The van der Waals surface area contributed by atoms with Gasteiger partial charge in [-0.3, -0.25) is 0 Å². The Labute approximate surface area is 121 Å². The molecule has 0 spiro atoms. The molecule has 0 radical (unpaired) electrons. The van der Waals surface area contributed by atoms with Crippen LogP contribution in [0.1, 0.15) is 18.4 Å². The van der Waals surface area contributed by atoms with E-state index in [1.54, 1.807) is 4.31 Å². The summed E-state index contributed by atoms with van der Waals surface area (Å²) in [5, 5.41) is 3.45. The van der Waals surface area contributed by atoms with Crippen molar-refractivity contribution < 1.29 is 8.42 Å². The highest BCUT2D eigenvalue weighted by atomic mass is 32.2. The van der Waals surface area contributed by atoms with Crippen LogP contribution < -0.4 is 5.32 Å². The largest absolute Gasteiger partial charge is 0.312 e. The van der Waals surface area contributed by atoms with Gasteiger partial charge in [0.15, 0.2) is 0 Å². The van der Waals surface area contributed by atoms with Crippen molar-refractivity contribution in [1.82, 2.24) is 9.62 Å². The number of nitrogens with zero attached hydrogens (tertiary/aromatic N) is 1. The molecule has 3 rings (SSSR count). The van der Waals surface area contributed by atoms with Crippen LogP contribution in [0.3, 0.4) is 0 Å². The lowest BCUT2D eigenvalue weighted by Gasteiger charge is -2.24. The van der Waals surface area contributed by atoms with Crippen LogP contribution in [0.15, 0.2) is 30.3 Å². The molecule has 4 nitrogen and oxygen atoms in total. The third-order valence-corrected chi connectivity index (χ3v) is 6.26. The lowest BCUT2D eigenvalue weighted by molar-refractivity contribution is 0.339. The van der Waals surface area contributed by atoms with Crippen molar-refractivity contribution in [2.75, 3.05) is 25.4 Å². The first kappa shape index (κ1) is 14.0. The zero-order valence-corrected chi connectivity index (χ0v) is 12.5. The molecule has 0 unspecified atom stereocenters. The van der Waals surface area contributed by atoms with Crippen molar-refractivity contribution in [1.29, 1.82) is 0 Å². The number of fused-ring (bicyclic) bond motifs is 1. The molecular formula is C15H22N2O2S. The van der Waals surface area contributed by atoms with Gasteiger partial charge in [-0.25, -0.2) is 12.7 Å². The number of rotatable bonds is 4. The van der Waals surface area contributed by atoms with Crippen LogP contribution in [0.5, 0.6) is 0 Å². The van der Waals surface area contributed by atoms with Crippen LogP contribution in [0.2, 0.25) is 0 Å². The lowest BCUT2D eigenvalue weighted by Crippen LogP contribution is -2.41. The highest BCUT2D eigenvalue weighted by Gasteiger charge is 2.39. The molecule has 0 amide bonds. The summed E-state index contributed by atoms with van der Waals surface area (Å²) >= 11 is 0. The molecular weight excluding hydrogens is 272 g/mol. The van der Waals surface area contributed by atoms with Crippen LogP contribution in [-0.4, -0.2) is 44.2 Å². The second-order valence-electron chi connectivity index (χ2n) is 5.83. The topological polar surface area (TPSA) is 49.4 Å². The van der Waals surface area contributed by atoms with E-state index in [9.17, 15) is 8.42 Å². The third-order valence-electron chi connectivity index (χ3n) is 4.45. The Morgan fingerprint density at radius 1 is 1.20 bits per heavy atom. The van der Waals surface area contributed by atoms with E-state index in [0.29, 0.717) is 31.5 Å². The highest BCUT2D eigenvalue weighted by molar-refractivity contribution is 7.89. The van der Waals surface area contributed by atoms with Gasteiger partial charge in [0, 0.05) is 19.1 Å². The third kappa shape index (κ3) is 3.05. The maximum Gasteiger partial charge on any atom is 0.214 e. The van der Waals surface area contributed by atoms with Gasteiger partial charge in [0.2, 0.25) is 10.0 Å². The molecule has 1 N–H and O–H groups in total. The molecule has 2 atom stereocenters. The number of nitrogens with one attached hydrogen (secondary N) is 1. The second-order valence-corrected chi connectivity index (χ2v) is 7.92. The molecule has 2 heterocycles. The van der Waals surface area contributed by atoms with Gasteiger partial charge >= 0.3 is 0 Å². The van der Waals surface area contributed by atoms with Crippen molar-refractivity contribution in [2.45, 2.75) is 25.3 Å². The average molecular weight is 294 g/mol. The second kappa shape index (κ2) is 5.84. The zero-order valence-electron chi connectivity index (χ0n) is 11.7. The van der Waals surface area contributed by atoms with Gasteiger partial charge in [-0.05, 0) is 37.3 Å². The number of benzene rings is 1. The van der Waals surface area contributed by atoms with Crippen LogP contribution in [-0.2, 0) is 16.4 Å². The lowest BCUT2D eigenvalue weighted by atomic mass is 9.94. The average Bonchev–Trinajstić information content (AvgIpc) is 2.91. The smallest absolute Gasteiger partial charge is 0.214 e. The Kier molecular flexibility index (Phi) is 4.10.